The molecule has 2 amide bonds. The van der Waals surface area contributed by atoms with Crippen molar-refractivity contribution >= 4 is 17.5 Å². The highest BCUT2D eigenvalue weighted by Gasteiger charge is 2.46. The molecule has 3 aliphatic heterocycles. The number of benzene rings is 2. The Hall–Kier alpha value is -3.17. The minimum atomic E-state index is -0.263. The molecule has 1 saturated carbocycles. The third kappa shape index (κ3) is 7.31. The lowest BCUT2D eigenvalue weighted by Gasteiger charge is -2.36. The molecular formula is C38H53FN4O4. The van der Waals surface area contributed by atoms with Crippen LogP contribution in [-0.2, 0) is 14.3 Å². The molecular weight excluding hydrogens is 595 g/mol. The predicted molar refractivity (Wildman–Crippen MR) is 182 cm³/mol. The number of rotatable bonds is 9. The second kappa shape index (κ2) is 14.9. The second-order valence-corrected chi connectivity index (χ2v) is 14.5. The molecule has 2 aromatic carbocycles. The summed E-state index contributed by atoms with van der Waals surface area (Å²) in [6.07, 6.45) is 7.76. The second-order valence-electron chi connectivity index (χ2n) is 14.5. The van der Waals surface area contributed by atoms with Crippen LogP contribution in [0.5, 0.6) is 5.75 Å². The molecule has 0 bridgehead atoms. The zero-order valence-corrected chi connectivity index (χ0v) is 28.7. The summed E-state index contributed by atoms with van der Waals surface area (Å²) >= 11 is 0. The topological polar surface area (TPSA) is 65.6 Å². The molecule has 256 valence electrons. The van der Waals surface area contributed by atoms with E-state index in [-0.39, 0.29) is 47.2 Å². The number of methoxy groups -OCH3 is 2. The van der Waals surface area contributed by atoms with Crippen LogP contribution in [0.15, 0.2) is 42.5 Å². The molecule has 0 N–H and O–H groups in total. The minimum absolute atomic E-state index is 0.00247. The van der Waals surface area contributed by atoms with Crippen molar-refractivity contribution in [3.05, 3.63) is 59.4 Å². The number of halogens is 1. The van der Waals surface area contributed by atoms with Gasteiger partial charge < -0.3 is 24.2 Å². The average Bonchev–Trinajstić information content (AvgIpc) is 3.74. The normalized spacial score (nSPS) is 26.1. The number of piperidine rings is 1. The van der Waals surface area contributed by atoms with E-state index in [4.69, 9.17) is 9.47 Å². The standard InChI is InChI=1S/C38H53FN4O4/c1-40(2)37(44)27-16-18-41(19-17-27)36-20-29(39)12-15-32(36)34-23-43(21-28(34)25-46-3)38(45)35-24-42(30-8-6-5-7-9-30)22-33(35)26-10-13-31(47-4)14-11-26/h10-15,20,27-28,30,33-35H,5-9,16-19,21-25H2,1-4H3/t28-,33+,34+,35-/m1/s1. The van der Waals surface area contributed by atoms with Gasteiger partial charge in [-0.3, -0.25) is 14.5 Å². The summed E-state index contributed by atoms with van der Waals surface area (Å²) in [6, 6.07) is 14.0. The van der Waals surface area contributed by atoms with Crippen molar-refractivity contribution in [3.8, 4) is 5.75 Å². The molecule has 4 fully saturated rings. The fourth-order valence-electron chi connectivity index (χ4n) is 8.88. The predicted octanol–water partition coefficient (Wildman–Crippen LogP) is 5.38. The van der Waals surface area contributed by atoms with Crippen molar-refractivity contribution in [1.82, 2.24) is 14.7 Å². The molecule has 0 aromatic heterocycles. The smallest absolute Gasteiger partial charge is 0.227 e. The Morgan fingerprint density at radius 3 is 2.26 bits per heavy atom. The van der Waals surface area contributed by atoms with E-state index in [0.29, 0.717) is 38.8 Å². The van der Waals surface area contributed by atoms with Crippen molar-refractivity contribution in [2.75, 3.05) is 79.1 Å². The molecule has 3 heterocycles. The summed E-state index contributed by atoms with van der Waals surface area (Å²) in [5, 5.41) is 0. The largest absolute Gasteiger partial charge is 0.497 e. The van der Waals surface area contributed by atoms with Crippen LogP contribution in [0.2, 0.25) is 0 Å². The Morgan fingerprint density at radius 2 is 1.60 bits per heavy atom. The van der Waals surface area contributed by atoms with Crippen molar-refractivity contribution < 1.29 is 23.5 Å². The van der Waals surface area contributed by atoms with Gasteiger partial charge in [0.15, 0.2) is 0 Å². The van der Waals surface area contributed by atoms with E-state index in [9.17, 15) is 14.0 Å². The molecule has 4 aliphatic rings. The molecule has 8 nitrogen and oxygen atoms in total. The fourth-order valence-corrected chi connectivity index (χ4v) is 8.88. The Kier molecular flexibility index (Phi) is 10.7. The molecule has 9 heteroatoms. The number of hydrogen-bond donors (Lipinski definition) is 0. The lowest BCUT2D eigenvalue weighted by molar-refractivity contribution is -0.135. The highest BCUT2D eigenvalue weighted by molar-refractivity contribution is 5.81. The van der Waals surface area contributed by atoms with Crippen LogP contribution >= 0.6 is 0 Å². The highest BCUT2D eigenvalue weighted by Crippen LogP contribution is 2.43. The molecule has 3 saturated heterocycles. The molecule has 0 spiro atoms. The first-order valence-corrected chi connectivity index (χ1v) is 17.7. The Labute approximate surface area is 280 Å². The van der Waals surface area contributed by atoms with E-state index < -0.39 is 0 Å². The summed E-state index contributed by atoms with van der Waals surface area (Å²) in [4.78, 5) is 35.9. The third-order valence-electron chi connectivity index (χ3n) is 11.5. The van der Waals surface area contributed by atoms with Crippen LogP contribution in [-0.4, -0.2) is 107 Å². The Bertz CT molecular complexity index is 1370. The molecule has 1 aliphatic carbocycles. The van der Waals surface area contributed by atoms with Gasteiger partial charge in [0, 0.05) is 95.9 Å². The van der Waals surface area contributed by atoms with Gasteiger partial charge in [0.05, 0.1) is 19.6 Å². The molecule has 0 unspecified atom stereocenters. The van der Waals surface area contributed by atoms with Crippen LogP contribution in [0.1, 0.15) is 67.9 Å². The first kappa shape index (κ1) is 33.7. The van der Waals surface area contributed by atoms with Crippen LogP contribution < -0.4 is 9.64 Å². The Morgan fingerprint density at radius 1 is 0.872 bits per heavy atom. The number of anilines is 1. The van der Waals surface area contributed by atoms with E-state index in [0.717, 1.165) is 42.9 Å². The van der Waals surface area contributed by atoms with Gasteiger partial charge in [-0.2, -0.15) is 0 Å². The van der Waals surface area contributed by atoms with E-state index in [1.54, 1.807) is 45.3 Å². The number of carbonyl (C=O) groups excluding carboxylic acids is 2. The van der Waals surface area contributed by atoms with Gasteiger partial charge in [-0.15, -0.1) is 0 Å². The lowest BCUT2D eigenvalue weighted by Crippen LogP contribution is -2.40. The van der Waals surface area contributed by atoms with Crippen LogP contribution in [0.3, 0.4) is 0 Å². The zero-order valence-electron chi connectivity index (χ0n) is 28.7. The van der Waals surface area contributed by atoms with Gasteiger partial charge in [-0.25, -0.2) is 4.39 Å². The fraction of sp³-hybridized carbons (Fsp3) is 0.632. The molecule has 2 aromatic rings. The van der Waals surface area contributed by atoms with Gasteiger partial charge in [0.25, 0.3) is 0 Å². The number of hydrogen-bond acceptors (Lipinski definition) is 6. The molecule has 6 rings (SSSR count). The maximum atomic E-state index is 14.8. The van der Waals surface area contributed by atoms with Gasteiger partial charge in [-0.05, 0) is 61.1 Å². The van der Waals surface area contributed by atoms with Gasteiger partial charge in [-0.1, -0.05) is 37.5 Å². The van der Waals surface area contributed by atoms with Crippen molar-refractivity contribution in [1.29, 1.82) is 0 Å². The number of amides is 2. The van der Waals surface area contributed by atoms with E-state index in [1.807, 2.05) is 18.2 Å². The number of nitrogens with zero attached hydrogens (tertiary/aromatic N) is 4. The van der Waals surface area contributed by atoms with E-state index in [1.165, 1.54) is 37.7 Å². The number of ether oxygens (including phenoxy) is 2. The average molecular weight is 649 g/mol. The zero-order chi connectivity index (χ0) is 33.1. The van der Waals surface area contributed by atoms with Crippen LogP contribution in [0.25, 0.3) is 0 Å². The summed E-state index contributed by atoms with van der Waals surface area (Å²) in [5.74, 6) is 1.10. The quantitative estimate of drug-likeness (QED) is 0.364. The number of likely N-dealkylation sites (tertiary alicyclic amines) is 2. The van der Waals surface area contributed by atoms with E-state index >= 15 is 0 Å². The maximum Gasteiger partial charge on any atom is 0.227 e. The summed E-state index contributed by atoms with van der Waals surface area (Å²) in [5.41, 5.74) is 3.16. The van der Waals surface area contributed by atoms with Crippen molar-refractivity contribution in [2.24, 2.45) is 17.8 Å². The van der Waals surface area contributed by atoms with Crippen molar-refractivity contribution in [2.45, 2.75) is 62.8 Å². The van der Waals surface area contributed by atoms with Crippen LogP contribution in [0, 0.1) is 23.6 Å². The highest BCUT2D eigenvalue weighted by atomic mass is 19.1. The number of carbonyl (C=O) groups is 2. The summed E-state index contributed by atoms with van der Waals surface area (Å²) in [6.45, 7) is 4.85. The van der Waals surface area contributed by atoms with Crippen molar-refractivity contribution in [3.63, 3.8) is 0 Å². The monoisotopic (exact) mass is 648 g/mol. The van der Waals surface area contributed by atoms with Gasteiger partial charge >= 0.3 is 0 Å². The Balaban J connectivity index is 1.23. The van der Waals surface area contributed by atoms with Crippen LogP contribution in [0.4, 0.5) is 10.1 Å². The lowest BCUT2D eigenvalue weighted by atomic mass is 9.87. The minimum Gasteiger partial charge on any atom is -0.497 e. The molecule has 0 radical (unpaired) electrons. The van der Waals surface area contributed by atoms with E-state index in [2.05, 4.69) is 26.8 Å². The maximum absolute atomic E-state index is 14.8. The van der Waals surface area contributed by atoms with Gasteiger partial charge in [0.1, 0.15) is 11.6 Å². The first-order chi connectivity index (χ1) is 22.8. The summed E-state index contributed by atoms with van der Waals surface area (Å²) in [7, 11) is 7.02. The van der Waals surface area contributed by atoms with Gasteiger partial charge in [0.2, 0.25) is 11.8 Å². The SMILES string of the molecule is COC[C@H]1CN(C(=O)[C@@H]2CN(C3CCCCC3)C[C@H]2c2ccc(OC)cc2)C[C@@H]1c1ccc(F)cc1N1CCC(C(=O)N(C)C)CC1. The molecule has 47 heavy (non-hydrogen) atoms. The summed E-state index contributed by atoms with van der Waals surface area (Å²) < 4.78 is 26.0. The first-order valence-electron chi connectivity index (χ1n) is 17.7. The molecule has 4 atom stereocenters. The third-order valence-corrected chi connectivity index (χ3v) is 11.5.